The summed E-state index contributed by atoms with van der Waals surface area (Å²) in [6.07, 6.45) is -0.616. The monoisotopic (exact) mass is 377 g/mol. The summed E-state index contributed by atoms with van der Waals surface area (Å²) in [4.78, 5) is 15.9. The van der Waals surface area contributed by atoms with Gasteiger partial charge in [-0.3, -0.25) is 5.43 Å². The number of nitrogens with zero attached hydrogens (tertiary/aromatic N) is 1. The number of hydrazine groups is 1. The van der Waals surface area contributed by atoms with Crippen molar-refractivity contribution in [2.75, 3.05) is 19.6 Å². The minimum Gasteiger partial charge on any atom is -0.489 e. The van der Waals surface area contributed by atoms with Gasteiger partial charge in [-0.15, -0.1) is 0 Å². The number of rotatable bonds is 7. The number of anilines is 1. The van der Waals surface area contributed by atoms with Crippen molar-refractivity contribution in [1.29, 1.82) is 0 Å². The number of hydrogen-bond acceptors (Lipinski definition) is 6. The van der Waals surface area contributed by atoms with E-state index in [2.05, 4.69) is 20.7 Å². The van der Waals surface area contributed by atoms with Crippen molar-refractivity contribution in [1.82, 2.24) is 5.43 Å². The molecular weight excluding hydrogens is 358 g/mol. The highest BCUT2D eigenvalue weighted by molar-refractivity contribution is 6.33. The molecule has 0 radical (unpaired) electrons. The Balaban J connectivity index is 1.98. The molecule has 7 nitrogen and oxygen atoms in total. The topological polar surface area (TPSA) is 81.2 Å². The lowest BCUT2D eigenvalue weighted by Crippen LogP contribution is -2.29. The summed E-state index contributed by atoms with van der Waals surface area (Å²) in [5.41, 5.74) is 8.21. The zero-order valence-electron chi connectivity index (χ0n) is 14.7. The zero-order chi connectivity index (χ0) is 18.9. The van der Waals surface area contributed by atoms with Crippen molar-refractivity contribution in [3.05, 3.63) is 58.6 Å². The lowest BCUT2D eigenvalue weighted by atomic mass is 10.1. The Hall–Kier alpha value is -2.93. The smallest absolute Gasteiger partial charge is 0.425 e. The van der Waals surface area contributed by atoms with Crippen molar-refractivity contribution >= 4 is 29.1 Å². The van der Waals surface area contributed by atoms with E-state index in [1.54, 1.807) is 12.1 Å². The number of hydrogen-bond donors (Lipinski definition) is 2. The standard InChI is InChI=1S/C18H20ClN3O4/c1-12(22-25-3)14-5-7-15(8-6-14)26-11-13-4-9-16(19)17(10-13)20-21-18(23)24-2/h4-10,20H,11H2,1-3H3,(H,21,23). The van der Waals surface area contributed by atoms with E-state index in [-0.39, 0.29) is 0 Å². The van der Waals surface area contributed by atoms with Crippen LogP contribution in [0.3, 0.4) is 0 Å². The minimum atomic E-state index is -0.616. The molecular formula is C18H20ClN3O4. The van der Waals surface area contributed by atoms with Gasteiger partial charge in [0, 0.05) is 0 Å². The van der Waals surface area contributed by atoms with E-state index in [1.165, 1.54) is 14.2 Å². The Kier molecular flexibility index (Phi) is 7.11. The van der Waals surface area contributed by atoms with Crippen LogP contribution in [0.1, 0.15) is 18.1 Å². The molecule has 0 saturated carbocycles. The maximum Gasteiger partial charge on any atom is 0.425 e. The van der Waals surface area contributed by atoms with Gasteiger partial charge in [0.15, 0.2) is 0 Å². The van der Waals surface area contributed by atoms with Gasteiger partial charge in [-0.1, -0.05) is 22.8 Å². The number of amides is 1. The molecule has 0 unspecified atom stereocenters. The lowest BCUT2D eigenvalue weighted by molar-refractivity contribution is 0.173. The number of halogens is 1. The zero-order valence-corrected chi connectivity index (χ0v) is 15.5. The summed E-state index contributed by atoms with van der Waals surface area (Å²) in [5, 5.41) is 4.35. The van der Waals surface area contributed by atoms with E-state index in [0.717, 1.165) is 22.6 Å². The van der Waals surface area contributed by atoms with Crippen LogP contribution >= 0.6 is 11.6 Å². The third-order valence-corrected chi connectivity index (χ3v) is 3.75. The summed E-state index contributed by atoms with van der Waals surface area (Å²) in [6.45, 7) is 2.21. The second-order valence-electron chi connectivity index (χ2n) is 5.23. The molecule has 0 aliphatic heterocycles. The first-order valence-electron chi connectivity index (χ1n) is 7.73. The minimum absolute atomic E-state index is 0.342. The average Bonchev–Trinajstić information content (AvgIpc) is 2.66. The molecule has 8 heteroatoms. The van der Waals surface area contributed by atoms with E-state index in [0.29, 0.717) is 17.3 Å². The molecule has 138 valence electrons. The summed E-state index contributed by atoms with van der Waals surface area (Å²) < 4.78 is 10.3. The van der Waals surface area contributed by atoms with Gasteiger partial charge in [0.2, 0.25) is 0 Å². The molecule has 2 aromatic carbocycles. The van der Waals surface area contributed by atoms with Gasteiger partial charge in [0.25, 0.3) is 0 Å². The van der Waals surface area contributed by atoms with E-state index in [9.17, 15) is 4.79 Å². The number of ether oxygens (including phenoxy) is 2. The molecule has 2 rings (SSSR count). The molecule has 0 aliphatic carbocycles. The van der Waals surface area contributed by atoms with Crippen LogP contribution in [0.4, 0.5) is 10.5 Å². The van der Waals surface area contributed by atoms with E-state index in [1.807, 2.05) is 37.3 Å². The largest absolute Gasteiger partial charge is 0.489 e. The molecule has 26 heavy (non-hydrogen) atoms. The number of oxime groups is 1. The third kappa shape index (κ3) is 5.56. The van der Waals surface area contributed by atoms with Gasteiger partial charge >= 0.3 is 6.09 Å². The Morgan fingerprint density at radius 1 is 1.15 bits per heavy atom. The molecule has 1 amide bonds. The molecule has 0 aromatic heterocycles. The highest BCUT2D eigenvalue weighted by atomic mass is 35.5. The van der Waals surface area contributed by atoms with Gasteiger partial charge in [0.1, 0.15) is 19.5 Å². The van der Waals surface area contributed by atoms with Crippen molar-refractivity contribution in [2.24, 2.45) is 5.16 Å². The lowest BCUT2D eigenvalue weighted by Gasteiger charge is -2.12. The van der Waals surface area contributed by atoms with Crippen LogP contribution in [0.5, 0.6) is 5.75 Å². The fourth-order valence-corrected chi connectivity index (χ4v) is 2.24. The molecule has 0 heterocycles. The van der Waals surface area contributed by atoms with Crippen LogP contribution in [0.15, 0.2) is 47.6 Å². The van der Waals surface area contributed by atoms with Gasteiger partial charge in [-0.2, -0.15) is 0 Å². The first-order chi connectivity index (χ1) is 12.5. The van der Waals surface area contributed by atoms with Crippen LogP contribution in [-0.2, 0) is 16.2 Å². The fourth-order valence-electron chi connectivity index (χ4n) is 2.08. The summed E-state index contributed by atoms with van der Waals surface area (Å²) >= 11 is 6.10. The Morgan fingerprint density at radius 2 is 1.88 bits per heavy atom. The maximum atomic E-state index is 11.1. The molecule has 2 aromatic rings. The fraction of sp³-hybridized carbons (Fsp3) is 0.222. The highest BCUT2D eigenvalue weighted by Gasteiger charge is 2.05. The van der Waals surface area contributed by atoms with E-state index >= 15 is 0 Å². The third-order valence-electron chi connectivity index (χ3n) is 3.42. The van der Waals surface area contributed by atoms with E-state index < -0.39 is 6.09 Å². The number of carbonyl (C=O) groups excluding carboxylic acids is 1. The van der Waals surface area contributed by atoms with Gasteiger partial charge in [-0.05, 0) is 54.4 Å². The van der Waals surface area contributed by atoms with Crippen molar-refractivity contribution in [3.8, 4) is 5.75 Å². The van der Waals surface area contributed by atoms with Gasteiger partial charge in [-0.25, -0.2) is 10.2 Å². The summed E-state index contributed by atoms with van der Waals surface area (Å²) in [7, 11) is 2.79. The Bertz CT molecular complexity index is 779. The van der Waals surface area contributed by atoms with Crippen molar-refractivity contribution in [3.63, 3.8) is 0 Å². The van der Waals surface area contributed by atoms with Crippen LogP contribution < -0.4 is 15.6 Å². The van der Waals surface area contributed by atoms with Gasteiger partial charge in [0.05, 0.1) is 23.5 Å². The number of nitrogens with one attached hydrogen (secondary N) is 2. The van der Waals surface area contributed by atoms with Crippen LogP contribution in [0.25, 0.3) is 0 Å². The average molecular weight is 378 g/mol. The first-order valence-corrected chi connectivity index (χ1v) is 8.10. The summed E-state index contributed by atoms with van der Waals surface area (Å²) in [6, 6.07) is 12.9. The predicted octanol–water partition coefficient (Wildman–Crippen LogP) is 3.97. The van der Waals surface area contributed by atoms with Crippen LogP contribution in [-0.4, -0.2) is 26.0 Å². The quantitative estimate of drug-likeness (QED) is 0.563. The first kappa shape index (κ1) is 19.4. The predicted molar refractivity (Wildman–Crippen MR) is 101 cm³/mol. The molecule has 0 aliphatic rings. The van der Waals surface area contributed by atoms with Crippen molar-refractivity contribution in [2.45, 2.75) is 13.5 Å². The summed E-state index contributed by atoms with van der Waals surface area (Å²) in [5.74, 6) is 0.719. The molecule has 0 atom stereocenters. The molecule has 0 bridgehead atoms. The second-order valence-corrected chi connectivity index (χ2v) is 5.64. The maximum absolute atomic E-state index is 11.1. The molecule has 0 spiro atoms. The Labute approximate surface area is 156 Å². The highest BCUT2D eigenvalue weighted by Crippen LogP contribution is 2.23. The molecule has 0 saturated heterocycles. The van der Waals surface area contributed by atoms with Gasteiger partial charge < -0.3 is 14.3 Å². The molecule has 0 fully saturated rings. The Morgan fingerprint density at radius 3 is 2.54 bits per heavy atom. The second kappa shape index (κ2) is 9.53. The van der Waals surface area contributed by atoms with Crippen LogP contribution in [0.2, 0.25) is 5.02 Å². The van der Waals surface area contributed by atoms with Crippen molar-refractivity contribution < 1.29 is 19.1 Å². The molecule has 2 N–H and O–H groups in total. The normalized spacial score (nSPS) is 10.8. The SMILES string of the molecule is CON=C(C)c1ccc(OCc2ccc(Cl)c(NNC(=O)OC)c2)cc1. The number of carbonyl (C=O) groups is 1. The number of benzene rings is 2. The van der Waals surface area contributed by atoms with E-state index in [4.69, 9.17) is 21.2 Å². The number of methoxy groups -OCH3 is 1. The van der Waals surface area contributed by atoms with Crippen LogP contribution in [0, 0.1) is 0 Å².